The number of hydrogen-bond donors (Lipinski definition) is 1. The van der Waals surface area contributed by atoms with E-state index in [1.54, 1.807) is 0 Å². The molecule has 20 heavy (non-hydrogen) atoms. The van der Waals surface area contributed by atoms with E-state index in [-0.39, 0.29) is 0 Å². The van der Waals surface area contributed by atoms with E-state index >= 15 is 0 Å². The highest BCUT2D eigenvalue weighted by Crippen LogP contribution is 2.36. The Morgan fingerprint density at radius 2 is 2.10 bits per heavy atom. The summed E-state index contributed by atoms with van der Waals surface area (Å²) >= 11 is 5.48. The molecule has 2 aliphatic rings. The summed E-state index contributed by atoms with van der Waals surface area (Å²) in [4.78, 5) is 4.26. The minimum atomic E-state index is 0.550. The predicted molar refractivity (Wildman–Crippen MR) is 90.4 cm³/mol. The molecule has 0 saturated carbocycles. The lowest BCUT2D eigenvalue weighted by Gasteiger charge is -2.41. The molecule has 2 bridgehead atoms. The molecule has 1 aromatic heterocycles. The van der Waals surface area contributed by atoms with Crippen molar-refractivity contribution in [1.29, 1.82) is 0 Å². The summed E-state index contributed by atoms with van der Waals surface area (Å²) in [6.45, 7) is 5.92. The Kier molecular flexibility index (Phi) is 4.86. The fourth-order valence-electron chi connectivity index (χ4n) is 3.96. The monoisotopic (exact) mass is 356 g/mol. The Morgan fingerprint density at radius 1 is 1.40 bits per heavy atom. The van der Waals surface area contributed by atoms with Crippen LogP contribution in [0.15, 0.2) is 15.9 Å². The molecule has 3 unspecified atom stereocenters. The van der Waals surface area contributed by atoms with Crippen LogP contribution in [0.25, 0.3) is 0 Å². The Balaban J connectivity index is 1.74. The minimum Gasteiger partial charge on any atom is -0.311 e. The zero-order valence-corrected chi connectivity index (χ0v) is 14.8. The smallest absolute Gasteiger partial charge is 0.0416 e. The Bertz CT molecular complexity index is 435. The van der Waals surface area contributed by atoms with Gasteiger partial charge in [-0.05, 0) is 67.6 Å². The highest BCUT2D eigenvalue weighted by molar-refractivity contribution is 9.10. The van der Waals surface area contributed by atoms with Crippen molar-refractivity contribution in [3.63, 3.8) is 0 Å². The van der Waals surface area contributed by atoms with Crippen molar-refractivity contribution in [2.24, 2.45) is 0 Å². The van der Waals surface area contributed by atoms with Crippen LogP contribution in [0.1, 0.15) is 56.9 Å². The summed E-state index contributed by atoms with van der Waals surface area (Å²) in [7, 11) is 0. The summed E-state index contributed by atoms with van der Waals surface area (Å²) in [6, 6.07) is 5.17. The van der Waals surface area contributed by atoms with Gasteiger partial charge in [-0.15, -0.1) is 11.3 Å². The molecular weight excluding hydrogens is 332 g/mol. The van der Waals surface area contributed by atoms with E-state index in [0.29, 0.717) is 6.04 Å². The van der Waals surface area contributed by atoms with Crippen molar-refractivity contribution in [2.75, 3.05) is 6.54 Å². The van der Waals surface area contributed by atoms with Crippen molar-refractivity contribution in [1.82, 2.24) is 10.2 Å². The maximum Gasteiger partial charge on any atom is 0.0416 e. The number of thiophene rings is 1. The van der Waals surface area contributed by atoms with Crippen LogP contribution in [0, 0.1) is 0 Å². The third-order valence-electron chi connectivity index (χ3n) is 4.90. The number of halogens is 1. The topological polar surface area (TPSA) is 15.3 Å². The van der Waals surface area contributed by atoms with Gasteiger partial charge in [0.05, 0.1) is 0 Å². The van der Waals surface area contributed by atoms with Crippen LogP contribution >= 0.6 is 27.3 Å². The molecule has 3 heterocycles. The zero-order chi connectivity index (χ0) is 14.1. The Labute approximate surface area is 135 Å². The quantitative estimate of drug-likeness (QED) is 0.831. The lowest BCUT2D eigenvalue weighted by Crippen LogP contribution is -2.49. The highest BCUT2D eigenvalue weighted by Gasteiger charge is 2.37. The summed E-state index contributed by atoms with van der Waals surface area (Å²) in [6.07, 6.45) is 6.71. The molecule has 112 valence electrons. The lowest BCUT2D eigenvalue weighted by atomic mass is 9.96. The SMILES string of the molecule is CCCN(C1CC2CCC(C1)N2)C(C)c1cc(Br)cs1. The largest absolute Gasteiger partial charge is 0.311 e. The van der Waals surface area contributed by atoms with Crippen LogP contribution in [0.3, 0.4) is 0 Å². The van der Waals surface area contributed by atoms with Gasteiger partial charge in [0.25, 0.3) is 0 Å². The molecule has 0 aliphatic carbocycles. The average molecular weight is 357 g/mol. The van der Waals surface area contributed by atoms with Crippen LogP contribution in [0.2, 0.25) is 0 Å². The fraction of sp³-hybridized carbons (Fsp3) is 0.750. The van der Waals surface area contributed by atoms with E-state index in [1.165, 1.54) is 48.0 Å². The van der Waals surface area contributed by atoms with Crippen LogP contribution in [-0.4, -0.2) is 29.6 Å². The first kappa shape index (κ1) is 15.0. The second-order valence-corrected chi connectivity index (χ2v) is 8.20. The molecule has 2 nitrogen and oxygen atoms in total. The highest BCUT2D eigenvalue weighted by atomic mass is 79.9. The number of piperidine rings is 1. The van der Waals surface area contributed by atoms with Crippen molar-refractivity contribution in [3.8, 4) is 0 Å². The molecule has 1 N–H and O–H groups in total. The molecule has 2 fully saturated rings. The molecular formula is C16H25BrN2S. The van der Waals surface area contributed by atoms with E-state index in [1.807, 2.05) is 11.3 Å². The fourth-order valence-corrected chi connectivity index (χ4v) is 5.48. The van der Waals surface area contributed by atoms with E-state index < -0.39 is 0 Å². The zero-order valence-electron chi connectivity index (χ0n) is 12.4. The van der Waals surface area contributed by atoms with Gasteiger partial charge in [-0.2, -0.15) is 0 Å². The van der Waals surface area contributed by atoms with Gasteiger partial charge in [0.15, 0.2) is 0 Å². The summed E-state index contributed by atoms with van der Waals surface area (Å²) in [5.41, 5.74) is 0. The van der Waals surface area contributed by atoms with Crippen molar-refractivity contribution in [2.45, 2.75) is 70.1 Å². The number of rotatable bonds is 5. The first-order valence-electron chi connectivity index (χ1n) is 7.93. The number of hydrogen-bond acceptors (Lipinski definition) is 3. The first-order valence-corrected chi connectivity index (χ1v) is 9.60. The molecule has 0 amide bonds. The van der Waals surface area contributed by atoms with Gasteiger partial charge in [0.2, 0.25) is 0 Å². The standard InChI is InChI=1S/C16H25BrN2S/c1-3-6-19(11(2)16-7-12(17)10-20-16)15-8-13-4-5-14(9-15)18-13/h7,10-11,13-15,18H,3-6,8-9H2,1-2H3. The van der Waals surface area contributed by atoms with Crippen LogP contribution < -0.4 is 5.32 Å². The number of nitrogens with zero attached hydrogens (tertiary/aromatic N) is 1. The molecule has 4 heteroatoms. The van der Waals surface area contributed by atoms with Gasteiger partial charge in [-0.25, -0.2) is 0 Å². The number of nitrogens with one attached hydrogen (secondary N) is 1. The maximum absolute atomic E-state index is 3.77. The average Bonchev–Trinajstić information content (AvgIpc) is 3.01. The van der Waals surface area contributed by atoms with E-state index in [4.69, 9.17) is 0 Å². The van der Waals surface area contributed by atoms with Crippen LogP contribution in [-0.2, 0) is 0 Å². The van der Waals surface area contributed by atoms with E-state index in [0.717, 1.165) is 18.1 Å². The van der Waals surface area contributed by atoms with Crippen LogP contribution in [0.5, 0.6) is 0 Å². The maximum atomic E-state index is 3.77. The second kappa shape index (κ2) is 6.47. The lowest BCUT2D eigenvalue weighted by molar-refractivity contribution is 0.103. The molecule has 0 radical (unpaired) electrons. The summed E-state index contributed by atoms with van der Waals surface area (Å²) in [5.74, 6) is 0. The van der Waals surface area contributed by atoms with Gasteiger partial charge >= 0.3 is 0 Å². The molecule has 0 spiro atoms. The van der Waals surface area contributed by atoms with Gasteiger partial charge in [-0.1, -0.05) is 6.92 Å². The summed E-state index contributed by atoms with van der Waals surface area (Å²) < 4.78 is 1.23. The van der Waals surface area contributed by atoms with Crippen molar-refractivity contribution < 1.29 is 0 Å². The van der Waals surface area contributed by atoms with Crippen molar-refractivity contribution in [3.05, 3.63) is 20.8 Å². The molecule has 1 aromatic rings. The molecule has 3 rings (SSSR count). The van der Waals surface area contributed by atoms with Gasteiger partial charge < -0.3 is 5.32 Å². The Hall–Kier alpha value is 0.1000. The summed E-state index contributed by atoms with van der Waals surface area (Å²) in [5, 5.41) is 5.98. The minimum absolute atomic E-state index is 0.550. The molecule has 3 atom stereocenters. The third kappa shape index (κ3) is 3.13. The molecule has 0 aromatic carbocycles. The van der Waals surface area contributed by atoms with Crippen molar-refractivity contribution >= 4 is 27.3 Å². The van der Waals surface area contributed by atoms with E-state index in [2.05, 4.69) is 51.4 Å². The Morgan fingerprint density at radius 3 is 2.65 bits per heavy atom. The first-order chi connectivity index (χ1) is 9.67. The van der Waals surface area contributed by atoms with Gasteiger partial charge in [0, 0.05) is 38.9 Å². The molecule has 2 saturated heterocycles. The normalized spacial score (nSPS) is 30.9. The number of fused-ring (bicyclic) bond motifs is 2. The van der Waals surface area contributed by atoms with Gasteiger partial charge in [-0.3, -0.25) is 4.90 Å². The second-order valence-electron chi connectivity index (χ2n) is 6.34. The van der Waals surface area contributed by atoms with Gasteiger partial charge in [0.1, 0.15) is 0 Å². The third-order valence-corrected chi connectivity index (χ3v) is 6.76. The van der Waals surface area contributed by atoms with E-state index in [9.17, 15) is 0 Å². The predicted octanol–water partition coefficient (Wildman–Crippen LogP) is 4.57. The molecule has 2 aliphatic heterocycles. The van der Waals surface area contributed by atoms with Crippen LogP contribution in [0.4, 0.5) is 0 Å².